The molecule has 1 unspecified atom stereocenters. The second kappa shape index (κ2) is 8.52. The highest BCUT2D eigenvalue weighted by Gasteiger charge is 2.39. The lowest BCUT2D eigenvalue weighted by Gasteiger charge is -2.43. The van der Waals surface area contributed by atoms with E-state index in [1.54, 1.807) is 0 Å². The van der Waals surface area contributed by atoms with Crippen molar-refractivity contribution < 1.29 is 9.59 Å². The number of likely N-dealkylation sites (N-methyl/N-ethyl adjacent to an activating group) is 1. The smallest absolute Gasteiger partial charge is 0.239 e. The third kappa shape index (κ3) is 4.96. The highest BCUT2D eigenvalue weighted by molar-refractivity contribution is 5.83. The molecule has 0 bridgehead atoms. The van der Waals surface area contributed by atoms with Crippen molar-refractivity contribution in [1.29, 1.82) is 0 Å². The van der Waals surface area contributed by atoms with E-state index in [9.17, 15) is 9.59 Å². The van der Waals surface area contributed by atoms with Crippen LogP contribution < -0.4 is 0 Å². The molecule has 0 N–H and O–H groups in total. The van der Waals surface area contributed by atoms with Crippen LogP contribution >= 0.6 is 0 Å². The topological polar surface area (TPSA) is 43.9 Å². The molecule has 1 aliphatic carbocycles. The summed E-state index contributed by atoms with van der Waals surface area (Å²) in [6, 6.07) is 0.00550. The summed E-state index contributed by atoms with van der Waals surface area (Å²) >= 11 is 0. The zero-order chi connectivity index (χ0) is 18.6. The van der Waals surface area contributed by atoms with Crippen molar-refractivity contribution in [2.75, 3.05) is 39.8 Å². The van der Waals surface area contributed by atoms with Crippen LogP contribution in [0.4, 0.5) is 0 Å². The molecule has 2 fully saturated rings. The third-order valence-electron chi connectivity index (χ3n) is 5.67. The van der Waals surface area contributed by atoms with Gasteiger partial charge < -0.3 is 9.80 Å². The monoisotopic (exact) mass is 351 g/mol. The van der Waals surface area contributed by atoms with Gasteiger partial charge in [-0.05, 0) is 25.2 Å². The number of amides is 2. The minimum Gasteiger partial charge on any atom is -0.344 e. The van der Waals surface area contributed by atoms with Crippen LogP contribution in [0.3, 0.4) is 0 Å². The lowest BCUT2D eigenvalue weighted by molar-refractivity contribution is -0.144. The fourth-order valence-corrected chi connectivity index (χ4v) is 4.28. The number of rotatable bonds is 5. The molecule has 1 heterocycles. The molecule has 5 nitrogen and oxygen atoms in total. The third-order valence-corrected chi connectivity index (χ3v) is 5.67. The SMILES string of the molecule is CCCN(C)C(=O)C(C1CCCC1)N1CCN(C(=O)C(C)(C)C)CC1. The van der Waals surface area contributed by atoms with Crippen molar-refractivity contribution in [2.24, 2.45) is 11.3 Å². The molecule has 1 saturated heterocycles. The molecule has 5 heteroatoms. The molecule has 0 aromatic carbocycles. The van der Waals surface area contributed by atoms with E-state index in [1.807, 2.05) is 37.6 Å². The van der Waals surface area contributed by atoms with Gasteiger partial charge in [0.15, 0.2) is 0 Å². The van der Waals surface area contributed by atoms with E-state index in [-0.39, 0.29) is 23.3 Å². The van der Waals surface area contributed by atoms with Crippen LogP contribution in [0.1, 0.15) is 59.8 Å². The first-order valence-corrected chi connectivity index (χ1v) is 10.0. The van der Waals surface area contributed by atoms with E-state index in [1.165, 1.54) is 12.8 Å². The molecule has 2 rings (SSSR count). The van der Waals surface area contributed by atoms with E-state index < -0.39 is 0 Å². The van der Waals surface area contributed by atoms with Gasteiger partial charge in [0.05, 0.1) is 6.04 Å². The number of nitrogens with zero attached hydrogens (tertiary/aromatic N) is 3. The van der Waals surface area contributed by atoms with Crippen LogP contribution in [0.5, 0.6) is 0 Å². The Hall–Kier alpha value is -1.10. The molecule has 1 saturated carbocycles. The quantitative estimate of drug-likeness (QED) is 0.765. The van der Waals surface area contributed by atoms with Crippen LogP contribution in [-0.4, -0.2) is 72.3 Å². The Morgan fingerprint density at radius 2 is 1.64 bits per heavy atom. The van der Waals surface area contributed by atoms with Crippen molar-refractivity contribution in [1.82, 2.24) is 14.7 Å². The largest absolute Gasteiger partial charge is 0.344 e. The second-order valence-electron chi connectivity index (χ2n) is 8.83. The Labute approximate surface area is 153 Å². The molecule has 144 valence electrons. The molecule has 0 aromatic heterocycles. The van der Waals surface area contributed by atoms with Crippen LogP contribution in [0, 0.1) is 11.3 Å². The molecule has 2 amide bonds. The molecule has 1 atom stereocenters. The lowest BCUT2D eigenvalue weighted by atomic mass is 9.93. The van der Waals surface area contributed by atoms with Crippen molar-refractivity contribution in [3.05, 3.63) is 0 Å². The maximum Gasteiger partial charge on any atom is 0.239 e. The molecule has 0 spiro atoms. The molecule has 1 aliphatic heterocycles. The average molecular weight is 352 g/mol. The van der Waals surface area contributed by atoms with Gasteiger partial charge in [0, 0.05) is 45.2 Å². The summed E-state index contributed by atoms with van der Waals surface area (Å²) in [5.74, 6) is 0.986. The standard InChI is InChI=1S/C20H37N3O2/c1-6-11-21(5)18(24)17(16-9-7-8-10-16)22-12-14-23(15-13-22)19(25)20(2,3)4/h16-17H,6-15H2,1-5H3. The lowest BCUT2D eigenvalue weighted by Crippen LogP contribution is -2.59. The van der Waals surface area contributed by atoms with E-state index in [0.29, 0.717) is 5.92 Å². The zero-order valence-corrected chi connectivity index (χ0v) is 16.9. The van der Waals surface area contributed by atoms with E-state index >= 15 is 0 Å². The Kier molecular flexibility index (Phi) is 6.89. The van der Waals surface area contributed by atoms with Crippen LogP contribution in [-0.2, 0) is 9.59 Å². The van der Waals surface area contributed by atoms with Gasteiger partial charge in [0.25, 0.3) is 0 Å². The van der Waals surface area contributed by atoms with Crippen LogP contribution in [0.25, 0.3) is 0 Å². The molecular formula is C20H37N3O2. The summed E-state index contributed by atoms with van der Waals surface area (Å²) in [6.45, 7) is 12.0. The number of hydrogen-bond donors (Lipinski definition) is 0. The van der Waals surface area contributed by atoms with Gasteiger partial charge in [0.1, 0.15) is 0 Å². The average Bonchev–Trinajstić information content (AvgIpc) is 3.08. The molecule has 0 radical (unpaired) electrons. The predicted octanol–water partition coefficient (Wildman–Crippen LogP) is 2.60. The van der Waals surface area contributed by atoms with E-state index in [4.69, 9.17) is 0 Å². The van der Waals surface area contributed by atoms with Crippen LogP contribution in [0.2, 0.25) is 0 Å². The number of carbonyl (C=O) groups excluding carboxylic acids is 2. The van der Waals surface area contributed by atoms with Gasteiger partial charge in [-0.2, -0.15) is 0 Å². The Morgan fingerprint density at radius 3 is 2.12 bits per heavy atom. The fourth-order valence-electron chi connectivity index (χ4n) is 4.28. The van der Waals surface area contributed by atoms with Gasteiger partial charge in [0.2, 0.25) is 11.8 Å². The summed E-state index contributed by atoms with van der Waals surface area (Å²) in [5, 5.41) is 0. The first-order valence-electron chi connectivity index (χ1n) is 10.0. The zero-order valence-electron chi connectivity index (χ0n) is 16.9. The summed E-state index contributed by atoms with van der Waals surface area (Å²) in [4.78, 5) is 31.9. The van der Waals surface area contributed by atoms with Crippen molar-refractivity contribution in [3.63, 3.8) is 0 Å². The van der Waals surface area contributed by atoms with Gasteiger partial charge in [-0.1, -0.05) is 40.5 Å². The van der Waals surface area contributed by atoms with Crippen molar-refractivity contribution >= 4 is 11.8 Å². The number of hydrogen-bond acceptors (Lipinski definition) is 3. The minimum atomic E-state index is -0.329. The normalized spacial score (nSPS) is 21.4. The molecule has 2 aliphatic rings. The van der Waals surface area contributed by atoms with E-state index in [2.05, 4.69) is 11.8 Å². The Balaban J connectivity index is 2.04. The summed E-state index contributed by atoms with van der Waals surface area (Å²) < 4.78 is 0. The fraction of sp³-hybridized carbons (Fsp3) is 0.900. The highest BCUT2D eigenvalue weighted by atomic mass is 16.2. The van der Waals surface area contributed by atoms with Crippen LogP contribution in [0.15, 0.2) is 0 Å². The minimum absolute atomic E-state index is 0.00550. The maximum absolute atomic E-state index is 13.1. The summed E-state index contributed by atoms with van der Waals surface area (Å²) in [5.41, 5.74) is -0.329. The van der Waals surface area contributed by atoms with Crippen molar-refractivity contribution in [3.8, 4) is 0 Å². The highest BCUT2D eigenvalue weighted by Crippen LogP contribution is 2.32. The predicted molar refractivity (Wildman–Crippen MR) is 101 cm³/mol. The van der Waals surface area contributed by atoms with Gasteiger partial charge in [-0.15, -0.1) is 0 Å². The first-order chi connectivity index (χ1) is 11.8. The maximum atomic E-state index is 13.1. The van der Waals surface area contributed by atoms with Gasteiger partial charge >= 0.3 is 0 Å². The van der Waals surface area contributed by atoms with Gasteiger partial charge in [-0.25, -0.2) is 0 Å². The molecule has 25 heavy (non-hydrogen) atoms. The second-order valence-corrected chi connectivity index (χ2v) is 8.83. The first kappa shape index (κ1) is 20.2. The van der Waals surface area contributed by atoms with Gasteiger partial charge in [-0.3, -0.25) is 14.5 Å². The Morgan fingerprint density at radius 1 is 1.08 bits per heavy atom. The van der Waals surface area contributed by atoms with Crippen molar-refractivity contribution in [2.45, 2.75) is 65.8 Å². The number of piperazine rings is 1. The summed E-state index contributed by atoms with van der Waals surface area (Å²) in [6.07, 6.45) is 5.81. The number of carbonyl (C=O) groups is 2. The molecular weight excluding hydrogens is 314 g/mol. The van der Waals surface area contributed by atoms with E-state index in [0.717, 1.165) is 52.0 Å². The Bertz CT molecular complexity index is 458. The molecule has 0 aromatic rings. The summed E-state index contributed by atoms with van der Waals surface area (Å²) in [7, 11) is 1.94.